The first kappa shape index (κ1) is 38.3. The molecule has 1 aliphatic heterocycles. The number of hydrogen-bond donors (Lipinski definition) is 1. The number of aryl methyl sites for hydroxylation is 6. The summed E-state index contributed by atoms with van der Waals surface area (Å²) in [6.45, 7) is 11.3. The van der Waals surface area contributed by atoms with Gasteiger partial charge in [0.05, 0.1) is 40.8 Å². The van der Waals surface area contributed by atoms with Crippen LogP contribution in [0.15, 0.2) is 73.1 Å². The van der Waals surface area contributed by atoms with E-state index in [1.807, 2.05) is 123 Å². The standard InChI is InChI=1S/C45H45Cl2N7O3/c1-25-19-32(20-26(2)41(25)47)57-18-10-12-33-34-14-15-36(46)40(39-28(4)50-52(7)29(39)5)42(34)54-27(3)23-53(45(56)43(33)54)38-24-51(6)37-16-13-30(21-35(37)38)44(55)49-22-31-11-8-9-17-48-31/h8-9,11,13-17,19-21,24,27H,10,12,18,22-23H2,1-7H3,(H,49,55)/t27-/m1/s1. The third-order valence-electron chi connectivity index (χ3n) is 11.2. The maximum Gasteiger partial charge on any atom is 0.275 e. The van der Waals surface area contributed by atoms with Crippen LogP contribution < -0.4 is 15.0 Å². The molecule has 10 nitrogen and oxygen atoms in total. The summed E-state index contributed by atoms with van der Waals surface area (Å²) in [5, 5.41) is 10.9. The van der Waals surface area contributed by atoms with E-state index >= 15 is 4.79 Å². The summed E-state index contributed by atoms with van der Waals surface area (Å²) < 4.78 is 12.3. The number of carbonyl (C=O) groups excluding carboxylic acids is 2. The third kappa shape index (κ3) is 6.74. The highest BCUT2D eigenvalue weighted by atomic mass is 35.5. The lowest BCUT2D eigenvalue weighted by atomic mass is 9.98. The molecule has 0 unspecified atom stereocenters. The molecule has 8 rings (SSSR count). The number of rotatable bonds is 10. The van der Waals surface area contributed by atoms with Crippen molar-refractivity contribution in [3.05, 3.63) is 128 Å². The van der Waals surface area contributed by atoms with E-state index in [1.165, 1.54) is 0 Å². The Morgan fingerprint density at radius 2 is 1.74 bits per heavy atom. The van der Waals surface area contributed by atoms with Crippen LogP contribution in [0.4, 0.5) is 5.69 Å². The van der Waals surface area contributed by atoms with Gasteiger partial charge in [0.15, 0.2) is 0 Å². The van der Waals surface area contributed by atoms with Gasteiger partial charge in [-0.3, -0.25) is 19.3 Å². The van der Waals surface area contributed by atoms with Crippen LogP contribution in [0.3, 0.4) is 0 Å². The largest absolute Gasteiger partial charge is 0.494 e. The second-order valence-electron chi connectivity index (χ2n) is 15.1. The van der Waals surface area contributed by atoms with Crippen molar-refractivity contribution in [2.45, 2.75) is 60.0 Å². The molecular formula is C45H45Cl2N7O3. The minimum absolute atomic E-state index is 0.108. The van der Waals surface area contributed by atoms with E-state index in [-0.39, 0.29) is 17.9 Å². The Labute approximate surface area is 342 Å². The average molecular weight is 803 g/mol. The quantitative estimate of drug-likeness (QED) is 0.139. The Kier molecular flexibility index (Phi) is 10.1. The molecule has 57 heavy (non-hydrogen) atoms. The van der Waals surface area contributed by atoms with Gasteiger partial charge in [-0.1, -0.05) is 35.3 Å². The van der Waals surface area contributed by atoms with Gasteiger partial charge in [-0.05, 0) is 113 Å². The SMILES string of the molecule is Cc1cc(OCCCc2c3n(c4c(-c5c(C)nn(C)c5C)c(Cl)ccc24)[C@H](C)CN(c2cn(C)c4ccc(C(=O)NCc5ccccn5)cc24)C3=O)cc(C)c1Cl. The fourth-order valence-electron chi connectivity index (χ4n) is 8.44. The number of pyridine rings is 1. The van der Waals surface area contributed by atoms with Gasteiger partial charge < -0.3 is 24.1 Å². The lowest BCUT2D eigenvalue weighted by Crippen LogP contribution is -2.42. The zero-order chi connectivity index (χ0) is 40.3. The van der Waals surface area contributed by atoms with Crippen LogP contribution in [0.2, 0.25) is 10.0 Å². The van der Waals surface area contributed by atoms with Crippen LogP contribution in [0.25, 0.3) is 32.9 Å². The van der Waals surface area contributed by atoms with E-state index in [1.54, 1.807) is 6.20 Å². The lowest BCUT2D eigenvalue weighted by Gasteiger charge is -2.34. The summed E-state index contributed by atoms with van der Waals surface area (Å²) in [7, 11) is 3.90. The van der Waals surface area contributed by atoms with E-state index in [0.29, 0.717) is 48.8 Å². The number of fused-ring (bicyclic) bond motifs is 4. The van der Waals surface area contributed by atoms with Crippen LogP contribution in [-0.2, 0) is 27.1 Å². The molecule has 5 heterocycles. The Hall–Kier alpha value is -5.58. The van der Waals surface area contributed by atoms with E-state index in [0.717, 1.165) is 83.2 Å². The molecule has 0 spiro atoms. The smallest absolute Gasteiger partial charge is 0.275 e. The first-order chi connectivity index (χ1) is 27.3. The topological polar surface area (TPSA) is 99.2 Å². The Morgan fingerprint density at radius 3 is 2.44 bits per heavy atom. The van der Waals surface area contributed by atoms with Gasteiger partial charge in [0.1, 0.15) is 11.4 Å². The lowest BCUT2D eigenvalue weighted by molar-refractivity contribution is 0.0946. The van der Waals surface area contributed by atoms with Crippen molar-refractivity contribution < 1.29 is 14.3 Å². The first-order valence-electron chi connectivity index (χ1n) is 19.2. The number of halogens is 2. The van der Waals surface area contributed by atoms with Crippen molar-refractivity contribution in [3.63, 3.8) is 0 Å². The molecule has 12 heteroatoms. The first-order valence-corrected chi connectivity index (χ1v) is 19.9. The van der Waals surface area contributed by atoms with Crippen LogP contribution in [0, 0.1) is 27.7 Å². The number of hydrogen-bond acceptors (Lipinski definition) is 5. The van der Waals surface area contributed by atoms with Crippen molar-refractivity contribution in [2.24, 2.45) is 14.1 Å². The normalized spacial score (nSPS) is 14.2. The van der Waals surface area contributed by atoms with Gasteiger partial charge in [0.25, 0.3) is 11.8 Å². The van der Waals surface area contributed by atoms with E-state index < -0.39 is 0 Å². The molecule has 2 amide bonds. The monoisotopic (exact) mass is 801 g/mol. The van der Waals surface area contributed by atoms with Gasteiger partial charge in [0.2, 0.25) is 0 Å². The van der Waals surface area contributed by atoms with Crippen molar-refractivity contribution in [1.82, 2.24) is 29.2 Å². The number of benzene rings is 3. The molecule has 0 aliphatic carbocycles. The molecular weight excluding hydrogens is 757 g/mol. The average Bonchev–Trinajstić information content (AvgIpc) is 3.80. The Balaban J connectivity index is 1.21. The predicted molar refractivity (Wildman–Crippen MR) is 228 cm³/mol. The highest BCUT2D eigenvalue weighted by molar-refractivity contribution is 6.35. The highest BCUT2D eigenvalue weighted by Crippen LogP contribution is 2.45. The minimum atomic E-state index is -0.213. The summed E-state index contributed by atoms with van der Waals surface area (Å²) in [4.78, 5) is 34.8. The second kappa shape index (κ2) is 15.1. The van der Waals surface area contributed by atoms with Gasteiger partial charge in [0, 0.05) is 82.8 Å². The van der Waals surface area contributed by atoms with Gasteiger partial charge in [-0.2, -0.15) is 5.10 Å². The summed E-state index contributed by atoms with van der Waals surface area (Å²) in [6.07, 6.45) is 4.96. The molecule has 4 aromatic heterocycles. The Morgan fingerprint density at radius 1 is 0.965 bits per heavy atom. The van der Waals surface area contributed by atoms with Gasteiger partial charge in [-0.25, -0.2) is 0 Å². The maximum absolute atomic E-state index is 15.2. The minimum Gasteiger partial charge on any atom is -0.494 e. The second-order valence-corrected chi connectivity index (χ2v) is 15.9. The fraction of sp³-hybridized carbons (Fsp3) is 0.289. The summed E-state index contributed by atoms with van der Waals surface area (Å²) >= 11 is 13.6. The fourth-order valence-corrected chi connectivity index (χ4v) is 8.80. The number of nitrogens with one attached hydrogen (secondary N) is 1. The zero-order valence-electron chi connectivity index (χ0n) is 33.2. The number of aromatic nitrogens is 5. The molecule has 0 bridgehead atoms. The van der Waals surface area contributed by atoms with Crippen LogP contribution in [0.1, 0.15) is 74.0 Å². The summed E-state index contributed by atoms with van der Waals surface area (Å²) in [5.74, 6) is 0.449. The van der Waals surface area contributed by atoms with E-state index in [4.69, 9.17) is 33.0 Å². The van der Waals surface area contributed by atoms with Crippen molar-refractivity contribution in [2.75, 3.05) is 18.1 Å². The molecule has 0 radical (unpaired) electrons. The van der Waals surface area contributed by atoms with Crippen molar-refractivity contribution in [3.8, 4) is 16.9 Å². The molecule has 1 aliphatic rings. The Bertz CT molecular complexity index is 2710. The number of anilines is 1. The summed E-state index contributed by atoms with van der Waals surface area (Å²) in [6, 6.07) is 19.0. The molecule has 0 saturated heterocycles. The molecule has 1 atom stereocenters. The summed E-state index contributed by atoms with van der Waals surface area (Å²) in [5.41, 5.74) is 11.1. The molecule has 7 aromatic rings. The number of carbonyl (C=O) groups is 2. The molecule has 1 N–H and O–H groups in total. The van der Waals surface area contributed by atoms with Crippen LogP contribution in [-0.4, -0.2) is 48.9 Å². The van der Waals surface area contributed by atoms with Crippen LogP contribution in [0.5, 0.6) is 5.75 Å². The van der Waals surface area contributed by atoms with Gasteiger partial charge >= 0.3 is 0 Å². The van der Waals surface area contributed by atoms with E-state index in [2.05, 4.69) is 21.8 Å². The van der Waals surface area contributed by atoms with Crippen LogP contribution >= 0.6 is 23.2 Å². The maximum atomic E-state index is 15.2. The molecule has 3 aromatic carbocycles. The molecule has 292 valence electrons. The number of nitrogens with zero attached hydrogens (tertiary/aromatic N) is 6. The van der Waals surface area contributed by atoms with Crippen molar-refractivity contribution >= 4 is 62.5 Å². The van der Waals surface area contributed by atoms with E-state index in [9.17, 15) is 4.79 Å². The molecule has 0 fully saturated rings. The molecule has 0 saturated carbocycles. The van der Waals surface area contributed by atoms with Gasteiger partial charge in [-0.15, -0.1) is 0 Å². The van der Waals surface area contributed by atoms with Crippen molar-refractivity contribution in [1.29, 1.82) is 0 Å². The number of ether oxygens (including phenoxy) is 1. The third-order valence-corrected chi connectivity index (χ3v) is 12.2. The zero-order valence-corrected chi connectivity index (χ0v) is 34.7. The highest BCUT2D eigenvalue weighted by Gasteiger charge is 2.37. The number of amides is 2. The predicted octanol–water partition coefficient (Wildman–Crippen LogP) is 9.63.